The Kier molecular flexibility index (Phi) is 7.18. The molecule has 13 heteroatoms. The third-order valence-electron chi connectivity index (χ3n) is 8.49. The summed E-state index contributed by atoms with van der Waals surface area (Å²) in [4.78, 5) is 38.0. The molecule has 43 heavy (non-hydrogen) atoms. The van der Waals surface area contributed by atoms with Gasteiger partial charge in [0.05, 0.1) is 18.1 Å². The van der Waals surface area contributed by atoms with E-state index < -0.39 is 23.6 Å². The fraction of sp³-hybridized carbons (Fsp3) is 0.367. The number of anilines is 2. The summed E-state index contributed by atoms with van der Waals surface area (Å²) >= 11 is 0. The van der Waals surface area contributed by atoms with E-state index in [2.05, 4.69) is 15.3 Å². The summed E-state index contributed by atoms with van der Waals surface area (Å²) in [6, 6.07) is 6.27. The Bertz CT molecular complexity index is 1710. The van der Waals surface area contributed by atoms with Crippen LogP contribution in [0.1, 0.15) is 60.3 Å². The Hall–Kier alpha value is -4.68. The minimum Gasteiger partial charge on any atom is -0.493 e. The van der Waals surface area contributed by atoms with Gasteiger partial charge in [-0.05, 0) is 74.8 Å². The minimum atomic E-state index is -4.58. The van der Waals surface area contributed by atoms with Crippen molar-refractivity contribution >= 4 is 29.0 Å². The van der Waals surface area contributed by atoms with Crippen LogP contribution in [0.2, 0.25) is 0 Å². The second-order valence-corrected chi connectivity index (χ2v) is 11.0. The van der Waals surface area contributed by atoms with Gasteiger partial charge in [-0.25, -0.2) is 15.0 Å². The van der Waals surface area contributed by atoms with Crippen LogP contribution < -0.4 is 15.8 Å². The number of ether oxygens (including phenoxy) is 1. The number of halogens is 3. The molecule has 0 aliphatic heterocycles. The molecule has 1 unspecified atom stereocenters. The second kappa shape index (κ2) is 10.9. The topological polar surface area (TPSA) is 145 Å². The Morgan fingerprint density at radius 3 is 2.53 bits per heavy atom. The quantitative estimate of drug-likeness (QED) is 0.249. The number of carboxylic acids is 1. The molecule has 0 radical (unpaired) electrons. The first kappa shape index (κ1) is 28.4. The van der Waals surface area contributed by atoms with Gasteiger partial charge in [0.2, 0.25) is 0 Å². The summed E-state index contributed by atoms with van der Waals surface area (Å²) in [5.74, 6) is -0.436. The lowest BCUT2D eigenvalue weighted by Crippen LogP contribution is -2.31. The Labute approximate surface area is 244 Å². The van der Waals surface area contributed by atoms with E-state index >= 15 is 0 Å². The van der Waals surface area contributed by atoms with Crippen LogP contribution in [-0.4, -0.2) is 42.9 Å². The third kappa shape index (κ3) is 5.23. The summed E-state index contributed by atoms with van der Waals surface area (Å²) in [6.07, 6.45) is 2.94. The number of imidazole rings is 1. The average Bonchev–Trinajstić information content (AvgIpc) is 3.48. The summed E-state index contributed by atoms with van der Waals surface area (Å²) in [6.45, 7) is 2.05. The van der Waals surface area contributed by atoms with Gasteiger partial charge in [0.25, 0.3) is 5.91 Å². The van der Waals surface area contributed by atoms with Crippen molar-refractivity contribution in [1.82, 2.24) is 19.4 Å². The van der Waals surface area contributed by atoms with Crippen molar-refractivity contribution in [3.05, 3.63) is 65.9 Å². The van der Waals surface area contributed by atoms with Gasteiger partial charge in [0.1, 0.15) is 34.4 Å². The molecule has 2 fully saturated rings. The SMILES string of the molecule is CCOc1cc(C(=O)Nc2cc(C(F)(F)F)ccn2)ccc1-c1nc([C@H]2C[C@H]3CC[C@@H](C2)C3C(=O)O)n2ccnc(N)c12. The van der Waals surface area contributed by atoms with Gasteiger partial charge in [-0.2, -0.15) is 13.2 Å². The van der Waals surface area contributed by atoms with Gasteiger partial charge in [-0.3, -0.25) is 14.0 Å². The van der Waals surface area contributed by atoms with E-state index in [0.29, 0.717) is 35.4 Å². The molecule has 0 spiro atoms. The highest BCUT2D eigenvalue weighted by Crippen LogP contribution is 2.52. The first-order valence-corrected chi connectivity index (χ1v) is 14.0. The van der Waals surface area contributed by atoms with Crippen LogP contribution in [0.15, 0.2) is 48.9 Å². The monoisotopic (exact) mass is 594 g/mol. The number of benzene rings is 1. The van der Waals surface area contributed by atoms with Crippen molar-refractivity contribution in [2.24, 2.45) is 17.8 Å². The van der Waals surface area contributed by atoms with Gasteiger partial charge < -0.3 is 20.9 Å². The van der Waals surface area contributed by atoms with Crippen molar-refractivity contribution in [2.75, 3.05) is 17.7 Å². The number of carboxylic acid groups (broad SMARTS) is 1. The van der Waals surface area contributed by atoms with Gasteiger partial charge in [-0.1, -0.05) is 0 Å². The van der Waals surface area contributed by atoms with Crippen molar-refractivity contribution in [2.45, 2.75) is 44.7 Å². The number of rotatable bonds is 7. The molecule has 4 aromatic rings. The Morgan fingerprint density at radius 2 is 1.86 bits per heavy atom. The molecular weight excluding hydrogens is 565 g/mol. The average molecular weight is 595 g/mol. The normalized spacial score (nSPS) is 21.6. The van der Waals surface area contributed by atoms with Crippen molar-refractivity contribution < 1.29 is 32.6 Å². The van der Waals surface area contributed by atoms with Crippen LogP contribution >= 0.6 is 0 Å². The largest absolute Gasteiger partial charge is 0.493 e. The van der Waals surface area contributed by atoms with E-state index in [-0.39, 0.29) is 47.5 Å². The maximum Gasteiger partial charge on any atom is 0.416 e. The predicted octanol–water partition coefficient (Wildman–Crippen LogP) is 5.65. The number of alkyl halides is 3. The number of nitrogens with two attached hydrogens (primary N) is 1. The van der Waals surface area contributed by atoms with Crippen molar-refractivity contribution in [3.63, 3.8) is 0 Å². The van der Waals surface area contributed by atoms with Crippen LogP contribution in [0, 0.1) is 17.8 Å². The van der Waals surface area contributed by atoms with Gasteiger partial charge >= 0.3 is 12.1 Å². The zero-order chi connectivity index (χ0) is 30.5. The molecular formula is C30H29F3N6O4. The van der Waals surface area contributed by atoms with Crippen LogP contribution in [0.3, 0.4) is 0 Å². The maximum atomic E-state index is 13.1. The molecule has 3 aromatic heterocycles. The number of aromatic nitrogens is 4. The molecule has 1 amide bonds. The van der Waals surface area contributed by atoms with Gasteiger partial charge in [-0.15, -0.1) is 0 Å². The number of nitrogen functional groups attached to an aromatic ring is 1. The number of carbonyl (C=O) groups is 2. The first-order chi connectivity index (χ1) is 20.5. The molecule has 6 rings (SSSR count). The Morgan fingerprint density at radius 1 is 1.12 bits per heavy atom. The van der Waals surface area contributed by atoms with Gasteiger partial charge in [0.15, 0.2) is 0 Å². The lowest BCUT2D eigenvalue weighted by molar-refractivity contribution is -0.145. The number of nitrogens with one attached hydrogen (secondary N) is 1. The Balaban J connectivity index is 1.36. The highest BCUT2D eigenvalue weighted by Gasteiger charge is 2.47. The number of nitrogens with zero attached hydrogens (tertiary/aromatic N) is 4. The zero-order valence-corrected chi connectivity index (χ0v) is 23.1. The van der Waals surface area contributed by atoms with Crippen LogP contribution in [0.25, 0.3) is 16.8 Å². The minimum absolute atomic E-state index is 0.0247. The molecule has 2 aliphatic carbocycles. The highest BCUT2D eigenvalue weighted by molar-refractivity contribution is 6.04. The molecule has 0 saturated heterocycles. The summed E-state index contributed by atoms with van der Waals surface area (Å²) < 4.78 is 47.2. The number of hydrogen-bond donors (Lipinski definition) is 3. The lowest BCUT2D eigenvalue weighted by atomic mass is 9.73. The lowest BCUT2D eigenvalue weighted by Gasteiger charge is -2.32. The number of hydrogen-bond acceptors (Lipinski definition) is 7. The van der Waals surface area contributed by atoms with Crippen LogP contribution in [-0.2, 0) is 11.0 Å². The molecule has 4 atom stereocenters. The van der Waals surface area contributed by atoms with Crippen LogP contribution in [0.4, 0.5) is 24.8 Å². The molecule has 2 saturated carbocycles. The molecule has 1 aromatic carbocycles. The summed E-state index contributed by atoms with van der Waals surface area (Å²) in [5, 5.41) is 12.2. The number of amides is 1. The third-order valence-corrected chi connectivity index (χ3v) is 8.49. The van der Waals surface area contributed by atoms with Gasteiger partial charge in [0, 0.05) is 35.6 Å². The van der Waals surface area contributed by atoms with Crippen molar-refractivity contribution in [3.8, 4) is 17.0 Å². The molecule has 224 valence electrons. The van der Waals surface area contributed by atoms with E-state index in [0.717, 1.165) is 37.0 Å². The molecule has 10 nitrogen and oxygen atoms in total. The maximum absolute atomic E-state index is 13.1. The van der Waals surface area contributed by atoms with E-state index in [4.69, 9.17) is 15.5 Å². The standard InChI is InChI=1S/C30H29F3N6O4/c1-2-43-21-13-17(28(40)37-22-14-19(7-8-35-22)30(31,32)33)5-6-20(21)24-25-26(34)36-9-10-39(25)27(38-24)18-11-15-3-4-16(12-18)23(15)29(41)42/h5-10,13-16,18,23H,2-4,11-12H2,1H3,(H2,34,36)(H,41,42)(H,35,37,40)/t15-,16+,18+,23?. The first-order valence-electron chi connectivity index (χ1n) is 14.0. The molecule has 3 heterocycles. The second-order valence-electron chi connectivity index (χ2n) is 11.0. The molecule has 2 aliphatic rings. The molecule has 2 bridgehead atoms. The summed E-state index contributed by atoms with van der Waals surface area (Å²) in [5.41, 5.74) is 7.20. The van der Waals surface area contributed by atoms with E-state index in [9.17, 15) is 27.9 Å². The number of aliphatic carboxylic acids is 1. The van der Waals surface area contributed by atoms with E-state index in [1.165, 1.54) is 12.1 Å². The summed E-state index contributed by atoms with van der Waals surface area (Å²) in [7, 11) is 0. The van der Waals surface area contributed by atoms with Crippen molar-refractivity contribution in [1.29, 1.82) is 0 Å². The van der Waals surface area contributed by atoms with E-state index in [1.807, 2.05) is 4.40 Å². The fourth-order valence-electron chi connectivity index (χ4n) is 6.70. The number of carbonyl (C=O) groups excluding carboxylic acids is 1. The predicted molar refractivity (Wildman–Crippen MR) is 151 cm³/mol. The molecule has 4 N–H and O–H groups in total. The zero-order valence-electron chi connectivity index (χ0n) is 23.1. The van der Waals surface area contributed by atoms with Crippen LogP contribution in [0.5, 0.6) is 5.75 Å². The number of fused-ring (bicyclic) bond motifs is 3. The highest BCUT2D eigenvalue weighted by atomic mass is 19.4. The van der Waals surface area contributed by atoms with E-state index in [1.54, 1.807) is 25.4 Å². The fourth-order valence-corrected chi connectivity index (χ4v) is 6.70. The number of pyridine rings is 1. The smallest absolute Gasteiger partial charge is 0.416 e.